The Morgan fingerprint density at radius 3 is 2.84 bits per heavy atom. The van der Waals surface area contributed by atoms with E-state index in [-0.39, 0.29) is 5.82 Å². The van der Waals surface area contributed by atoms with Crippen molar-refractivity contribution in [3.63, 3.8) is 0 Å². The van der Waals surface area contributed by atoms with Crippen molar-refractivity contribution in [1.82, 2.24) is 14.8 Å². The summed E-state index contributed by atoms with van der Waals surface area (Å²) in [5.74, 6) is 0.0508. The van der Waals surface area contributed by atoms with Crippen LogP contribution in [0.1, 0.15) is 5.56 Å². The van der Waals surface area contributed by atoms with E-state index >= 15 is 0 Å². The highest BCUT2D eigenvalue weighted by atomic mass is 79.9. The number of nitrogens with zero attached hydrogens (tertiary/aromatic N) is 3. The predicted molar refractivity (Wildman–Crippen MR) is 105 cm³/mol. The topological polar surface area (TPSA) is 54.8 Å². The van der Waals surface area contributed by atoms with Crippen LogP contribution in [0.5, 0.6) is 0 Å². The summed E-state index contributed by atoms with van der Waals surface area (Å²) >= 11 is 14.7. The molecular weight excluding hydrogens is 429 g/mol. The molecule has 5 nitrogen and oxygen atoms in total. The maximum Gasteiger partial charge on any atom is 0.248 e. The van der Waals surface area contributed by atoms with Gasteiger partial charge in [-0.05, 0) is 48.1 Å². The van der Waals surface area contributed by atoms with E-state index in [2.05, 4.69) is 36.6 Å². The van der Waals surface area contributed by atoms with Crippen LogP contribution in [0, 0.1) is 5.82 Å². The number of rotatable bonds is 4. The molecular formula is C16H12BrClFN5S. The van der Waals surface area contributed by atoms with E-state index in [4.69, 9.17) is 23.8 Å². The van der Waals surface area contributed by atoms with Crippen molar-refractivity contribution in [3.05, 3.63) is 69.7 Å². The van der Waals surface area contributed by atoms with Crippen molar-refractivity contribution in [1.29, 1.82) is 0 Å². The lowest BCUT2D eigenvalue weighted by molar-refractivity contribution is 0.619. The van der Waals surface area contributed by atoms with Gasteiger partial charge in [-0.25, -0.2) is 14.1 Å². The summed E-state index contributed by atoms with van der Waals surface area (Å²) in [6.07, 6.45) is 1.54. The molecule has 0 amide bonds. The first-order chi connectivity index (χ1) is 12.0. The Morgan fingerprint density at radius 2 is 2.08 bits per heavy atom. The molecule has 0 aliphatic rings. The second kappa shape index (κ2) is 7.90. The van der Waals surface area contributed by atoms with E-state index in [9.17, 15) is 4.39 Å². The Bertz CT molecular complexity index is 917. The van der Waals surface area contributed by atoms with Gasteiger partial charge in [-0.3, -0.25) is 5.32 Å². The molecule has 0 saturated carbocycles. The van der Waals surface area contributed by atoms with E-state index < -0.39 is 0 Å². The third-order valence-electron chi connectivity index (χ3n) is 3.17. The van der Waals surface area contributed by atoms with Crippen LogP contribution in [-0.2, 0) is 6.54 Å². The Kier molecular flexibility index (Phi) is 5.62. The Morgan fingerprint density at radius 1 is 1.24 bits per heavy atom. The van der Waals surface area contributed by atoms with Crippen LogP contribution in [0.25, 0.3) is 0 Å². The molecule has 0 aliphatic heterocycles. The minimum Gasteiger partial charge on any atom is -0.331 e. The summed E-state index contributed by atoms with van der Waals surface area (Å²) in [5.41, 5.74) is 1.46. The van der Waals surface area contributed by atoms with Crippen molar-refractivity contribution in [2.75, 3.05) is 10.6 Å². The lowest BCUT2D eigenvalue weighted by Crippen LogP contribution is -2.20. The quantitative estimate of drug-likeness (QED) is 0.577. The van der Waals surface area contributed by atoms with E-state index in [1.807, 2.05) is 12.1 Å². The van der Waals surface area contributed by atoms with E-state index in [0.29, 0.717) is 28.3 Å². The van der Waals surface area contributed by atoms with Gasteiger partial charge in [0, 0.05) is 4.47 Å². The summed E-state index contributed by atoms with van der Waals surface area (Å²) in [6, 6.07) is 11.7. The fourth-order valence-corrected chi connectivity index (χ4v) is 3.02. The molecule has 1 aromatic heterocycles. The molecule has 0 fully saturated rings. The first kappa shape index (κ1) is 17.8. The Balaban J connectivity index is 1.61. The summed E-state index contributed by atoms with van der Waals surface area (Å²) in [4.78, 5) is 4.13. The summed E-state index contributed by atoms with van der Waals surface area (Å²) in [7, 11) is 0. The van der Waals surface area contributed by atoms with Crippen LogP contribution in [0.4, 0.5) is 16.0 Å². The van der Waals surface area contributed by atoms with Gasteiger partial charge in [0.1, 0.15) is 12.1 Å². The minimum atomic E-state index is -0.285. The highest BCUT2D eigenvalue weighted by Gasteiger charge is 2.07. The number of anilines is 2. The van der Waals surface area contributed by atoms with Gasteiger partial charge in [-0.2, -0.15) is 0 Å². The highest BCUT2D eigenvalue weighted by molar-refractivity contribution is 9.10. The van der Waals surface area contributed by atoms with Gasteiger partial charge >= 0.3 is 0 Å². The van der Waals surface area contributed by atoms with Gasteiger partial charge in [-0.1, -0.05) is 39.7 Å². The first-order valence-electron chi connectivity index (χ1n) is 7.16. The third-order valence-corrected chi connectivity index (χ3v) is 4.18. The maximum absolute atomic E-state index is 13.2. The molecule has 0 saturated heterocycles. The second-order valence-corrected chi connectivity index (χ2v) is 6.83. The molecule has 1 heterocycles. The van der Waals surface area contributed by atoms with Gasteiger partial charge in [0.15, 0.2) is 5.11 Å². The molecule has 0 bridgehead atoms. The van der Waals surface area contributed by atoms with Crippen LogP contribution < -0.4 is 10.6 Å². The predicted octanol–water partition coefficient (Wildman–Crippen LogP) is 4.69. The highest BCUT2D eigenvalue weighted by Crippen LogP contribution is 2.25. The SMILES string of the molecule is Fc1cccc(Cn2cnc(NC(=S)Nc3ccc(Br)cc3Cl)n2)c1. The molecule has 0 unspecified atom stereocenters. The van der Waals surface area contributed by atoms with Crippen molar-refractivity contribution >= 4 is 56.5 Å². The molecule has 9 heteroatoms. The summed E-state index contributed by atoms with van der Waals surface area (Å²) in [6.45, 7) is 0.408. The lowest BCUT2D eigenvalue weighted by atomic mass is 10.2. The standard InChI is InChI=1S/C16H12BrClFN5S/c17-11-4-5-14(13(18)7-11)21-16(25)22-15-20-9-24(23-15)8-10-2-1-3-12(19)6-10/h1-7,9H,8H2,(H2,21,22,23,25). The zero-order valence-corrected chi connectivity index (χ0v) is 15.9. The first-order valence-corrected chi connectivity index (χ1v) is 8.74. The fourth-order valence-electron chi connectivity index (χ4n) is 2.10. The molecule has 25 heavy (non-hydrogen) atoms. The number of thiocarbonyl (C=S) groups is 1. The largest absolute Gasteiger partial charge is 0.331 e. The molecule has 2 N–H and O–H groups in total. The van der Waals surface area contributed by atoms with E-state index in [1.165, 1.54) is 12.1 Å². The molecule has 0 atom stereocenters. The monoisotopic (exact) mass is 439 g/mol. The zero-order chi connectivity index (χ0) is 17.8. The van der Waals surface area contributed by atoms with E-state index in [0.717, 1.165) is 10.0 Å². The van der Waals surface area contributed by atoms with Crippen molar-refractivity contribution < 1.29 is 4.39 Å². The lowest BCUT2D eigenvalue weighted by Gasteiger charge is -2.09. The van der Waals surface area contributed by atoms with Gasteiger partial charge in [0.25, 0.3) is 0 Å². The van der Waals surface area contributed by atoms with Crippen LogP contribution in [0.2, 0.25) is 5.02 Å². The molecule has 2 aromatic carbocycles. The molecule has 3 aromatic rings. The molecule has 0 radical (unpaired) electrons. The van der Waals surface area contributed by atoms with Crippen molar-refractivity contribution in [2.45, 2.75) is 6.54 Å². The van der Waals surface area contributed by atoms with Crippen molar-refractivity contribution in [3.8, 4) is 0 Å². The van der Waals surface area contributed by atoms with E-state index in [1.54, 1.807) is 29.2 Å². The zero-order valence-electron chi connectivity index (χ0n) is 12.7. The third kappa shape index (κ3) is 4.97. The summed E-state index contributed by atoms with van der Waals surface area (Å²) < 4.78 is 15.7. The number of halogens is 3. The van der Waals surface area contributed by atoms with Gasteiger partial charge in [0.05, 0.1) is 17.3 Å². The fraction of sp³-hybridized carbons (Fsp3) is 0.0625. The van der Waals surface area contributed by atoms with Gasteiger partial charge in [0.2, 0.25) is 5.95 Å². The number of hydrogen-bond acceptors (Lipinski definition) is 3. The number of hydrogen-bond donors (Lipinski definition) is 2. The molecule has 0 aliphatic carbocycles. The van der Waals surface area contributed by atoms with Crippen LogP contribution in [-0.4, -0.2) is 19.9 Å². The van der Waals surface area contributed by atoms with Crippen molar-refractivity contribution in [2.24, 2.45) is 0 Å². The number of aromatic nitrogens is 3. The Labute approximate surface area is 162 Å². The number of benzene rings is 2. The number of nitrogens with one attached hydrogen (secondary N) is 2. The second-order valence-electron chi connectivity index (χ2n) is 5.10. The normalized spacial score (nSPS) is 10.5. The molecule has 3 rings (SSSR count). The summed E-state index contributed by atoms with van der Waals surface area (Å²) in [5, 5.41) is 11.0. The average molecular weight is 441 g/mol. The van der Waals surface area contributed by atoms with Crippen LogP contribution >= 0.6 is 39.7 Å². The van der Waals surface area contributed by atoms with Crippen LogP contribution in [0.15, 0.2) is 53.3 Å². The Hall–Kier alpha value is -2.03. The van der Waals surface area contributed by atoms with Gasteiger partial charge in [-0.15, -0.1) is 5.10 Å². The smallest absolute Gasteiger partial charge is 0.248 e. The average Bonchev–Trinajstić information content (AvgIpc) is 2.97. The van der Waals surface area contributed by atoms with Gasteiger partial charge < -0.3 is 5.32 Å². The van der Waals surface area contributed by atoms with Crippen LogP contribution in [0.3, 0.4) is 0 Å². The molecule has 128 valence electrons. The maximum atomic E-state index is 13.2. The minimum absolute atomic E-state index is 0.285. The molecule has 0 spiro atoms.